The maximum absolute atomic E-state index is 12.5. The maximum atomic E-state index is 12.5. The van der Waals surface area contributed by atoms with Crippen molar-refractivity contribution in [3.63, 3.8) is 0 Å². The zero-order valence-electron chi connectivity index (χ0n) is 16.2. The molecule has 6 heteroatoms. The molecule has 0 radical (unpaired) electrons. The molecule has 2 aliphatic rings. The molecule has 2 saturated carbocycles. The van der Waals surface area contributed by atoms with Crippen molar-refractivity contribution >= 4 is 21.6 Å². The number of carbonyl (C=O) groups is 1. The highest BCUT2D eigenvalue weighted by molar-refractivity contribution is 7.92. The Balaban J connectivity index is 1.71. The van der Waals surface area contributed by atoms with E-state index >= 15 is 0 Å². The molecule has 1 aromatic carbocycles. The van der Waals surface area contributed by atoms with Gasteiger partial charge in [0.15, 0.2) is 0 Å². The molecule has 0 aliphatic heterocycles. The summed E-state index contributed by atoms with van der Waals surface area (Å²) in [4.78, 5) is 12.5. The van der Waals surface area contributed by atoms with Gasteiger partial charge in [-0.3, -0.25) is 9.10 Å². The molecule has 2 bridgehead atoms. The first-order valence-electron chi connectivity index (χ1n) is 9.41. The fraction of sp³-hybridized carbons (Fsp3) is 0.650. The summed E-state index contributed by atoms with van der Waals surface area (Å²) in [5, 5.41) is 3.07. The molecule has 0 saturated heterocycles. The molecule has 0 heterocycles. The van der Waals surface area contributed by atoms with Crippen LogP contribution < -0.4 is 9.62 Å². The predicted molar refractivity (Wildman–Crippen MR) is 105 cm³/mol. The summed E-state index contributed by atoms with van der Waals surface area (Å²) >= 11 is 0. The molecule has 26 heavy (non-hydrogen) atoms. The molecular weight excluding hydrogens is 348 g/mol. The van der Waals surface area contributed by atoms with Crippen LogP contribution in [0.25, 0.3) is 0 Å². The van der Waals surface area contributed by atoms with Crippen molar-refractivity contribution in [2.24, 2.45) is 11.8 Å². The minimum absolute atomic E-state index is 0.00634. The number of carbonyl (C=O) groups excluding carboxylic acids is 1. The van der Waals surface area contributed by atoms with Crippen LogP contribution in [0.4, 0.5) is 5.69 Å². The second kappa shape index (κ2) is 6.87. The molecule has 0 spiro atoms. The monoisotopic (exact) mass is 378 g/mol. The molecule has 2 aliphatic carbocycles. The predicted octanol–water partition coefficient (Wildman–Crippen LogP) is 3.05. The van der Waals surface area contributed by atoms with Crippen LogP contribution in [0, 0.1) is 11.8 Å². The van der Waals surface area contributed by atoms with E-state index in [0.717, 1.165) is 24.2 Å². The standard InChI is InChI=1S/C20H30N2O3S/c1-20(2,3)16-7-9-17(10-8-16)22(26(4,24)25)13-19(23)21-18-12-14-5-6-15(18)11-14/h7-10,14-15,18H,5-6,11-13H2,1-4H3,(H,21,23)/t14-,15-,18+/m0/s1. The Labute approximate surface area is 157 Å². The minimum Gasteiger partial charge on any atom is -0.352 e. The average molecular weight is 379 g/mol. The number of anilines is 1. The third-order valence-corrected chi connectivity index (χ3v) is 6.93. The highest BCUT2D eigenvalue weighted by Crippen LogP contribution is 2.44. The van der Waals surface area contributed by atoms with E-state index in [-0.39, 0.29) is 23.9 Å². The smallest absolute Gasteiger partial charge is 0.241 e. The Hall–Kier alpha value is -1.56. The summed E-state index contributed by atoms with van der Waals surface area (Å²) in [6, 6.07) is 7.65. The molecule has 0 aromatic heterocycles. The molecule has 2 fully saturated rings. The number of hydrogen-bond donors (Lipinski definition) is 1. The highest BCUT2D eigenvalue weighted by Gasteiger charge is 2.40. The van der Waals surface area contributed by atoms with Gasteiger partial charge in [-0.15, -0.1) is 0 Å². The summed E-state index contributed by atoms with van der Waals surface area (Å²) in [6.07, 6.45) is 5.84. The molecule has 1 aromatic rings. The number of rotatable bonds is 5. The van der Waals surface area contributed by atoms with Crippen LogP contribution in [0.1, 0.15) is 52.0 Å². The van der Waals surface area contributed by atoms with Crippen LogP contribution in [0.5, 0.6) is 0 Å². The Morgan fingerprint density at radius 1 is 1.15 bits per heavy atom. The quantitative estimate of drug-likeness (QED) is 0.856. The number of sulfonamides is 1. The number of benzene rings is 1. The van der Waals surface area contributed by atoms with E-state index in [2.05, 4.69) is 26.1 Å². The zero-order valence-corrected chi connectivity index (χ0v) is 17.0. The van der Waals surface area contributed by atoms with E-state index in [1.165, 1.54) is 23.6 Å². The molecule has 3 rings (SSSR count). The van der Waals surface area contributed by atoms with Crippen LogP contribution in [0.15, 0.2) is 24.3 Å². The number of fused-ring (bicyclic) bond motifs is 2. The zero-order chi connectivity index (χ0) is 19.1. The lowest BCUT2D eigenvalue weighted by Crippen LogP contribution is -2.45. The van der Waals surface area contributed by atoms with E-state index in [1.807, 2.05) is 12.1 Å². The molecule has 144 valence electrons. The lowest BCUT2D eigenvalue weighted by Gasteiger charge is -2.27. The molecule has 1 N–H and O–H groups in total. The first kappa shape index (κ1) is 19.2. The first-order valence-corrected chi connectivity index (χ1v) is 11.3. The van der Waals surface area contributed by atoms with E-state index in [9.17, 15) is 13.2 Å². The second-order valence-electron chi connectivity index (χ2n) is 8.92. The lowest BCUT2D eigenvalue weighted by atomic mass is 9.87. The van der Waals surface area contributed by atoms with Gasteiger partial charge in [0.25, 0.3) is 0 Å². The van der Waals surface area contributed by atoms with Crippen molar-refractivity contribution in [2.45, 2.75) is 57.9 Å². The molecular formula is C20H30N2O3S. The van der Waals surface area contributed by atoms with E-state index in [4.69, 9.17) is 0 Å². The van der Waals surface area contributed by atoms with E-state index in [1.54, 1.807) is 12.1 Å². The van der Waals surface area contributed by atoms with Crippen LogP contribution in [0.2, 0.25) is 0 Å². The van der Waals surface area contributed by atoms with Crippen molar-refractivity contribution in [1.29, 1.82) is 0 Å². The topological polar surface area (TPSA) is 66.5 Å². The van der Waals surface area contributed by atoms with Crippen molar-refractivity contribution in [2.75, 3.05) is 17.1 Å². The van der Waals surface area contributed by atoms with Gasteiger partial charge < -0.3 is 5.32 Å². The largest absolute Gasteiger partial charge is 0.352 e. The third kappa shape index (κ3) is 4.22. The van der Waals surface area contributed by atoms with Crippen molar-refractivity contribution in [1.82, 2.24) is 5.32 Å². The molecule has 1 amide bonds. The van der Waals surface area contributed by atoms with E-state index < -0.39 is 10.0 Å². The van der Waals surface area contributed by atoms with Gasteiger partial charge >= 0.3 is 0 Å². The molecule has 3 atom stereocenters. The Kier molecular flexibility index (Phi) is 5.08. The van der Waals surface area contributed by atoms with Gasteiger partial charge in [-0.05, 0) is 54.2 Å². The SMILES string of the molecule is CC(C)(C)c1ccc(N(CC(=O)N[C@@H]2C[C@H]3CC[C@H]2C3)S(C)(=O)=O)cc1. The fourth-order valence-corrected chi connectivity index (χ4v) is 5.19. The van der Waals surface area contributed by atoms with Gasteiger partial charge in [-0.2, -0.15) is 0 Å². The van der Waals surface area contributed by atoms with Crippen LogP contribution in [0.3, 0.4) is 0 Å². The van der Waals surface area contributed by atoms with Gasteiger partial charge in [0.1, 0.15) is 6.54 Å². The summed E-state index contributed by atoms with van der Waals surface area (Å²) in [7, 11) is -3.53. The Bertz CT molecular complexity index is 765. The first-order chi connectivity index (χ1) is 12.0. The highest BCUT2D eigenvalue weighted by atomic mass is 32.2. The summed E-state index contributed by atoms with van der Waals surface area (Å²) in [5.74, 6) is 1.09. The Morgan fingerprint density at radius 2 is 1.81 bits per heavy atom. The van der Waals surface area contributed by atoms with Gasteiger partial charge in [-0.1, -0.05) is 39.3 Å². The summed E-state index contributed by atoms with van der Waals surface area (Å²) in [6.45, 7) is 6.17. The Morgan fingerprint density at radius 3 is 2.27 bits per heavy atom. The number of hydrogen-bond acceptors (Lipinski definition) is 3. The number of nitrogens with zero attached hydrogens (tertiary/aromatic N) is 1. The number of nitrogens with one attached hydrogen (secondary N) is 1. The summed E-state index contributed by atoms with van der Waals surface area (Å²) in [5.41, 5.74) is 1.65. The van der Waals surface area contributed by atoms with Gasteiger partial charge in [0.2, 0.25) is 15.9 Å². The van der Waals surface area contributed by atoms with Crippen LogP contribution in [-0.4, -0.2) is 33.2 Å². The second-order valence-corrected chi connectivity index (χ2v) is 10.8. The van der Waals surface area contributed by atoms with Gasteiger partial charge in [0, 0.05) is 6.04 Å². The number of amides is 1. The molecule has 0 unspecified atom stereocenters. The normalized spacial score (nSPS) is 25.3. The van der Waals surface area contributed by atoms with Crippen molar-refractivity contribution in [3.8, 4) is 0 Å². The van der Waals surface area contributed by atoms with Crippen molar-refractivity contribution in [3.05, 3.63) is 29.8 Å². The lowest BCUT2D eigenvalue weighted by molar-refractivity contribution is -0.120. The summed E-state index contributed by atoms with van der Waals surface area (Å²) < 4.78 is 25.7. The van der Waals surface area contributed by atoms with E-state index in [0.29, 0.717) is 11.6 Å². The van der Waals surface area contributed by atoms with Crippen LogP contribution in [-0.2, 0) is 20.2 Å². The third-order valence-electron chi connectivity index (χ3n) is 5.79. The van der Waals surface area contributed by atoms with Gasteiger partial charge in [0.05, 0.1) is 11.9 Å². The molecule has 5 nitrogen and oxygen atoms in total. The van der Waals surface area contributed by atoms with Gasteiger partial charge in [-0.25, -0.2) is 8.42 Å². The van der Waals surface area contributed by atoms with Crippen molar-refractivity contribution < 1.29 is 13.2 Å². The maximum Gasteiger partial charge on any atom is 0.241 e. The van der Waals surface area contributed by atoms with Crippen LogP contribution >= 0.6 is 0 Å². The minimum atomic E-state index is -3.53. The fourth-order valence-electron chi connectivity index (χ4n) is 4.33. The average Bonchev–Trinajstić information content (AvgIpc) is 3.13.